The van der Waals surface area contributed by atoms with Gasteiger partial charge in [-0.1, -0.05) is 56.4 Å². The molecule has 0 bridgehead atoms. The first-order valence-corrected chi connectivity index (χ1v) is 8.75. The van der Waals surface area contributed by atoms with Crippen molar-refractivity contribution in [2.24, 2.45) is 5.92 Å². The van der Waals surface area contributed by atoms with E-state index in [0.717, 1.165) is 17.3 Å². The van der Waals surface area contributed by atoms with Crippen LogP contribution in [0.2, 0.25) is 0 Å². The summed E-state index contributed by atoms with van der Waals surface area (Å²) >= 11 is 6.39. The molecule has 0 spiro atoms. The molecule has 1 aliphatic heterocycles. The number of hydrogen-bond donors (Lipinski definition) is 1. The maximum Gasteiger partial charge on any atom is 0.327 e. The zero-order chi connectivity index (χ0) is 17.9. The predicted octanol–water partition coefficient (Wildman–Crippen LogP) is 3.40. The molecule has 0 radical (unpaired) electrons. The van der Waals surface area contributed by atoms with Crippen LogP contribution in [0.1, 0.15) is 25.8 Å². The van der Waals surface area contributed by atoms with Crippen LogP contribution in [0.25, 0.3) is 6.08 Å². The van der Waals surface area contributed by atoms with Gasteiger partial charge >= 0.3 is 5.97 Å². The third kappa shape index (κ3) is 3.79. The number of ether oxygens (including phenoxy) is 1. The van der Waals surface area contributed by atoms with Crippen LogP contribution < -0.4 is 4.74 Å². The van der Waals surface area contributed by atoms with E-state index in [0.29, 0.717) is 17.1 Å². The summed E-state index contributed by atoms with van der Waals surface area (Å²) in [6.45, 7) is 3.70. The molecule has 1 saturated heterocycles. The molecule has 1 amide bonds. The second kappa shape index (κ2) is 7.81. The van der Waals surface area contributed by atoms with Crippen LogP contribution in [0.4, 0.5) is 0 Å². The summed E-state index contributed by atoms with van der Waals surface area (Å²) in [6, 6.07) is 6.34. The second-order valence-electron chi connectivity index (χ2n) is 5.50. The Morgan fingerprint density at radius 1 is 1.50 bits per heavy atom. The van der Waals surface area contributed by atoms with Crippen LogP contribution in [0.3, 0.4) is 0 Å². The minimum atomic E-state index is -1.04. The van der Waals surface area contributed by atoms with Crippen LogP contribution in [0.15, 0.2) is 29.2 Å². The average molecular weight is 365 g/mol. The van der Waals surface area contributed by atoms with Crippen LogP contribution in [-0.4, -0.2) is 39.4 Å². The highest BCUT2D eigenvalue weighted by atomic mass is 32.2. The largest absolute Gasteiger partial charge is 0.497 e. The molecule has 1 aromatic carbocycles. The zero-order valence-electron chi connectivity index (χ0n) is 13.7. The van der Waals surface area contributed by atoms with Crippen molar-refractivity contribution >= 4 is 46.3 Å². The zero-order valence-corrected chi connectivity index (χ0v) is 15.3. The summed E-state index contributed by atoms with van der Waals surface area (Å²) < 4.78 is 5.45. The summed E-state index contributed by atoms with van der Waals surface area (Å²) in [5.74, 6) is -0.910. The highest BCUT2D eigenvalue weighted by molar-refractivity contribution is 8.26. The minimum absolute atomic E-state index is 0.193. The number of aliphatic carboxylic acids is 1. The van der Waals surface area contributed by atoms with E-state index in [2.05, 4.69) is 0 Å². The van der Waals surface area contributed by atoms with Crippen LogP contribution in [0.5, 0.6) is 5.75 Å². The SMILES string of the molecule is CC[C@H](C)[C@@H](C(=O)O)N1C(=O)/C(=C/c2cccc(OC)c2)SC1=S. The first-order valence-electron chi connectivity index (χ1n) is 7.53. The number of hydrogen-bond acceptors (Lipinski definition) is 5. The molecule has 2 atom stereocenters. The molecule has 0 aliphatic carbocycles. The number of thioether (sulfide) groups is 1. The molecule has 1 heterocycles. The van der Waals surface area contributed by atoms with Crippen molar-refractivity contribution in [1.82, 2.24) is 4.90 Å². The molecular formula is C17H19NO4S2. The Morgan fingerprint density at radius 2 is 2.21 bits per heavy atom. The summed E-state index contributed by atoms with van der Waals surface area (Å²) in [6.07, 6.45) is 2.35. The van der Waals surface area contributed by atoms with E-state index in [-0.39, 0.29) is 16.1 Å². The molecule has 1 N–H and O–H groups in total. The van der Waals surface area contributed by atoms with Gasteiger partial charge in [0, 0.05) is 0 Å². The number of carbonyl (C=O) groups is 2. The van der Waals surface area contributed by atoms with Crippen molar-refractivity contribution in [1.29, 1.82) is 0 Å². The predicted molar refractivity (Wildman–Crippen MR) is 98.9 cm³/mol. The standard InChI is InChI=1S/C17H19NO4S2/c1-4-10(2)14(16(20)21)18-15(19)13(24-17(18)23)9-11-6-5-7-12(8-11)22-3/h5-10,14H,4H2,1-3H3,(H,20,21)/b13-9-/t10-,14-/m0/s1. The molecule has 128 valence electrons. The van der Waals surface area contributed by atoms with Crippen LogP contribution >= 0.6 is 24.0 Å². The molecule has 5 nitrogen and oxygen atoms in total. The molecule has 7 heteroatoms. The maximum absolute atomic E-state index is 12.7. The lowest BCUT2D eigenvalue weighted by atomic mass is 9.98. The van der Waals surface area contributed by atoms with Gasteiger partial charge in [0.2, 0.25) is 0 Å². The monoisotopic (exact) mass is 365 g/mol. The lowest BCUT2D eigenvalue weighted by Gasteiger charge is -2.27. The molecule has 24 heavy (non-hydrogen) atoms. The van der Waals surface area contributed by atoms with Crippen molar-refractivity contribution in [3.63, 3.8) is 0 Å². The average Bonchev–Trinajstić information content (AvgIpc) is 2.82. The van der Waals surface area contributed by atoms with Gasteiger partial charge in [0.25, 0.3) is 5.91 Å². The Balaban J connectivity index is 2.33. The van der Waals surface area contributed by atoms with Crippen LogP contribution in [0, 0.1) is 5.92 Å². The maximum atomic E-state index is 12.7. The summed E-state index contributed by atoms with van der Waals surface area (Å²) in [5.41, 5.74) is 0.797. The van der Waals surface area contributed by atoms with Crippen molar-refractivity contribution in [2.75, 3.05) is 7.11 Å². The van der Waals surface area contributed by atoms with Crippen molar-refractivity contribution in [3.8, 4) is 5.75 Å². The van der Waals surface area contributed by atoms with Crippen molar-refractivity contribution < 1.29 is 19.4 Å². The third-order valence-electron chi connectivity index (χ3n) is 3.93. The Labute approximate surface area is 150 Å². The van der Waals surface area contributed by atoms with Gasteiger partial charge in [0.15, 0.2) is 0 Å². The number of carbonyl (C=O) groups excluding carboxylic acids is 1. The molecule has 0 saturated carbocycles. The number of methoxy groups -OCH3 is 1. The summed E-state index contributed by atoms with van der Waals surface area (Å²) in [7, 11) is 1.57. The van der Waals surface area contributed by atoms with Crippen molar-refractivity contribution in [2.45, 2.75) is 26.3 Å². The quantitative estimate of drug-likeness (QED) is 0.616. The van der Waals surface area contributed by atoms with E-state index in [1.54, 1.807) is 19.3 Å². The number of thiocarbonyl (C=S) groups is 1. The Hall–Kier alpha value is -1.86. The number of carboxylic acid groups (broad SMARTS) is 1. The van der Waals surface area contributed by atoms with Gasteiger partial charge in [0.1, 0.15) is 16.1 Å². The van der Waals surface area contributed by atoms with Crippen LogP contribution in [-0.2, 0) is 9.59 Å². The number of rotatable bonds is 6. The Bertz CT molecular complexity index is 702. The molecule has 0 aromatic heterocycles. The fourth-order valence-corrected chi connectivity index (χ4v) is 3.76. The highest BCUT2D eigenvalue weighted by Crippen LogP contribution is 2.36. The number of carboxylic acids is 1. The Kier molecular flexibility index (Phi) is 6.01. The normalized spacial score (nSPS) is 18.8. The molecule has 1 fully saturated rings. The van der Waals surface area contributed by atoms with Gasteiger partial charge in [-0.05, 0) is 29.7 Å². The third-order valence-corrected chi connectivity index (χ3v) is 5.26. The number of amides is 1. The van der Waals surface area contributed by atoms with Gasteiger partial charge < -0.3 is 9.84 Å². The number of nitrogens with zero attached hydrogens (tertiary/aromatic N) is 1. The lowest BCUT2D eigenvalue weighted by Crippen LogP contribution is -2.47. The van der Waals surface area contributed by atoms with E-state index in [9.17, 15) is 14.7 Å². The topological polar surface area (TPSA) is 66.8 Å². The summed E-state index contributed by atoms with van der Waals surface area (Å²) in [4.78, 5) is 26.0. The first kappa shape index (κ1) is 18.5. The van der Waals surface area contributed by atoms with Gasteiger partial charge in [-0.3, -0.25) is 9.69 Å². The lowest BCUT2D eigenvalue weighted by molar-refractivity contribution is -0.147. The van der Waals surface area contributed by atoms with Gasteiger partial charge in [0.05, 0.1) is 12.0 Å². The van der Waals surface area contributed by atoms with E-state index >= 15 is 0 Å². The first-order chi connectivity index (χ1) is 11.4. The molecule has 2 rings (SSSR count). The van der Waals surface area contributed by atoms with E-state index in [4.69, 9.17) is 17.0 Å². The highest BCUT2D eigenvalue weighted by Gasteiger charge is 2.42. The Morgan fingerprint density at radius 3 is 2.79 bits per heavy atom. The summed E-state index contributed by atoms with van der Waals surface area (Å²) in [5, 5.41) is 9.52. The molecule has 1 aliphatic rings. The van der Waals surface area contributed by atoms with Gasteiger partial charge in [-0.2, -0.15) is 0 Å². The second-order valence-corrected chi connectivity index (χ2v) is 7.17. The molecule has 0 unspecified atom stereocenters. The minimum Gasteiger partial charge on any atom is -0.497 e. The molecular weight excluding hydrogens is 346 g/mol. The van der Waals surface area contributed by atoms with Gasteiger partial charge in [-0.25, -0.2) is 4.79 Å². The fraction of sp³-hybridized carbons (Fsp3) is 0.353. The van der Waals surface area contributed by atoms with Crippen molar-refractivity contribution in [3.05, 3.63) is 34.7 Å². The molecule has 1 aromatic rings. The van der Waals surface area contributed by atoms with E-state index in [1.807, 2.05) is 32.0 Å². The van der Waals surface area contributed by atoms with E-state index in [1.165, 1.54) is 4.90 Å². The number of benzene rings is 1. The van der Waals surface area contributed by atoms with Gasteiger partial charge in [-0.15, -0.1) is 0 Å². The fourth-order valence-electron chi connectivity index (χ4n) is 2.43. The smallest absolute Gasteiger partial charge is 0.327 e. The van der Waals surface area contributed by atoms with E-state index < -0.39 is 12.0 Å².